The minimum Gasteiger partial charge on any atom is -0.387 e. The Morgan fingerprint density at radius 2 is 1.50 bits per heavy atom. The van der Waals surface area contributed by atoms with Crippen molar-refractivity contribution in [1.82, 2.24) is 0 Å². The smallest absolute Gasteiger partial charge is 0.387 e. The predicted molar refractivity (Wildman–Crippen MR) is 74.6 cm³/mol. The van der Waals surface area contributed by atoms with Gasteiger partial charge >= 0.3 is 6.18 Å². The Morgan fingerprint density at radius 1 is 0.900 bits per heavy atom. The van der Waals surface area contributed by atoms with Crippen molar-refractivity contribution in [2.24, 2.45) is 0 Å². The summed E-state index contributed by atoms with van der Waals surface area (Å²) in [6, 6.07) is 13.6. The molecule has 0 amide bonds. The van der Waals surface area contributed by atoms with Crippen molar-refractivity contribution in [3.05, 3.63) is 71.3 Å². The van der Waals surface area contributed by atoms with E-state index in [9.17, 15) is 18.3 Å². The van der Waals surface area contributed by atoms with Gasteiger partial charge in [-0.3, -0.25) is 0 Å². The summed E-state index contributed by atoms with van der Waals surface area (Å²) in [6.45, 7) is 0. The molecule has 2 aromatic carbocycles. The second-order valence-corrected chi connectivity index (χ2v) is 4.98. The monoisotopic (exact) mass is 298 g/mol. The van der Waals surface area contributed by atoms with Crippen molar-refractivity contribution < 1.29 is 18.3 Å². The Balaban J connectivity index is 2.27. The van der Waals surface area contributed by atoms with E-state index in [-0.39, 0.29) is 5.56 Å². The van der Waals surface area contributed by atoms with Gasteiger partial charge in [-0.25, -0.2) is 0 Å². The molecule has 0 heterocycles. The fraction of sp³-hybridized carbons (Fsp3) is 0.200. The van der Waals surface area contributed by atoms with Gasteiger partial charge in [-0.15, -0.1) is 0 Å². The minimum absolute atomic E-state index is 0.198. The quantitative estimate of drug-likeness (QED) is 0.804. The fourth-order valence-electron chi connectivity index (χ4n) is 1.91. The van der Waals surface area contributed by atoms with Crippen LogP contribution in [-0.4, -0.2) is 5.11 Å². The van der Waals surface area contributed by atoms with E-state index in [1.165, 1.54) is 12.1 Å². The number of rotatable bonds is 3. The first-order valence-corrected chi connectivity index (χ1v) is 6.49. The summed E-state index contributed by atoms with van der Waals surface area (Å²) in [5, 5.41) is 9.61. The number of aliphatic hydroxyl groups is 1. The molecule has 5 heteroatoms. The van der Waals surface area contributed by atoms with E-state index in [2.05, 4.69) is 12.6 Å². The van der Waals surface area contributed by atoms with Gasteiger partial charge in [-0.1, -0.05) is 42.5 Å². The number of hydrogen-bond donors (Lipinski definition) is 2. The SMILES string of the molecule is OC(c1cccc(C(F)(F)F)c1)C(S)c1ccccc1. The Morgan fingerprint density at radius 3 is 2.10 bits per heavy atom. The van der Waals surface area contributed by atoms with E-state index >= 15 is 0 Å². The lowest BCUT2D eigenvalue weighted by molar-refractivity contribution is -0.137. The van der Waals surface area contributed by atoms with E-state index in [1.807, 2.05) is 6.07 Å². The second-order valence-electron chi connectivity index (χ2n) is 4.42. The van der Waals surface area contributed by atoms with Crippen molar-refractivity contribution >= 4 is 12.6 Å². The number of benzene rings is 2. The first-order chi connectivity index (χ1) is 9.39. The van der Waals surface area contributed by atoms with Crippen LogP contribution in [0.3, 0.4) is 0 Å². The third kappa shape index (κ3) is 3.35. The zero-order valence-corrected chi connectivity index (χ0v) is 11.3. The summed E-state index contributed by atoms with van der Waals surface area (Å²) >= 11 is 4.30. The lowest BCUT2D eigenvalue weighted by atomic mass is 9.99. The van der Waals surface area contributed by atoms with E-state index in [0.717, 1.165) is 17.7 Å². The zero-order chi connectivity index (χ0) is 14.8. The topological polar surface area (TPSA) is 20.2 Å². The number of hydrogen-bond acceptors (Lipinski definition) is 2. The van der Waals surface area contributed by atoms with Gasteiger partial charge in [-0.2, -0.15) is 25.8 Å². The normalized spacial score (nSPS) is 14.8. The highest BCUT2D eigenvalue weighted by Crippen LogP contribution is 2.36. The number of aliphatic hydroxyl groups excluding tert-OH is 1. The summed E-state index contributed by atoms with van der Waals surface area (Å²) in [6.07, 6.45) is -5.53. The van der Waals surface area contributed by atoms with Crippen LogP contribution < -0.4 is 0 Å². The molecule has 20 heavy (non-hydrogen) atoms. The lowest BCUT2D eigenvalue weighted by Crippen LogP contribution is -2.09. The summed E-state index contributed by atoms with van der Waals surface area (Å²) in [5.74, 6) is 0. The molecule has 106 valence electrons. The molecule has 1 nitrogen and oxygen atoms in total. The van der Waals surface area contributed by atoms with Gasteiger partial charge in [0.2, 0.25) is 0 Å². The predicted octanol–water partition coefficient (Wildman–Crippen LogP) is 4.41. The van der Waals surface area contributed by atoms with Crippen LogP contribution in [0.1, 0.15) is 28.0 Å². The summed E-state index contributed by atoms with van der Waals surface area (Å²) in [5.41, 5.74) is 0.173. The third-order valence-corrected chi connectivity index (χ3v) is 3.58. The highest BCUT2D eigenvalue weighted by atomic mass is 32.1. The minimum atomic E-state index is -4.42. The van der Waals surface area contributed by atoms with E-state index in [0.29, 0.717) is 0 Å². The van der Waals surface area contributed by atoms with Gasteiger partial charge in [0.15, 0.2) is 0 Å². The van der Waals surface area contributed by atoms with Crippen molar-refractivity contribution in [2.75, 3.05) is 0 Å². The van der Waals surface area contributed by atoms with Crippen molar-refractivity contribution in [1.29, 1.82) is 0 Å². The average Bonchev–Trinajstić information content (AvgIpc) is 2.46. The Labute approximate surface area is 120 Å². The standard InChI is InChI=1S/C15H13F3OS/c16-15(17,18)12-8-4-7-11(9-12)13(19)14(20)10-5-2-1-3-6-10/h1-9,13-14,19-20H. The highest BCUT2D eigenvalue weighted by molar-refractivity contribution is 7.80. The van der Waals surface area contributed by atoms with Crippen LogP contribution in [0.15, 0.2) is 54.6 Å². The maximum Gasteiger partial charge on any atom is 0.416 e. The largest absolute Gasteiger partial charge is 0.416 e. The Kier molecular flexibility index (Phi) is 4.40. The molecule has 0 bridgehead atoms. The molecule has 0 aliphatic heterocycles. The van der Waals surface area contributed by atoms with Gasteiger partial charge in [0.1, 0.15) is 0 Å². The zero-order valence-electron chi connectivity index (χ0n) is 10.4. The van der Waals surface area contributed by atoms with Crippen molar-refractivity contribution in [3.8, 4) is 0 Å². The molecule has 1 N–H and O–H groups in total. The first-order valence-electron chi connectivity index (χ1n) is 5.98. The molecular weight excluding hydrogens is 285 g/mol. The van der Waals surface area contributed by atoms with E-state index in [4.69, 9.17) is 0 Å². The molecule has 0 saturated carbocycles. The highest BCUT2D eigenvalue weighted by Gasteiger charge is 2.31. The van der Waals surface area contributed by atoms with Crippen LogP contribution in [0.5, 0.6) is 0 Å². The van der Waals surface area contributed by atoms with Crippen LogP contribution in [0.2, 0.25) is 0 Å². The van der Waals surface area contributed by atoms with Crippen LogP contribution in [0, 0.1) is 0 Å². The maximum atomic E-state index is 12.7. The molecular formula is C15H13F3OS. The van der Waals surface area contributed by atoms with Crippen molar-refractivity contribution in [2.45, 2.75) is 17.5 Å². The van der Waals surface area contributed by atoms with Crippen LogP contribution in [-0.2, 0) is 6.18 Å². The van der Waals surface area contributed by atoms with Crippen molar-refractivity contribution in [3.63, 3.8) is 0 Å². The average molecular weight is 298 g/mol. The molecule has 0 fully saturated rings. The molecule has 0 radical (unpaired) electrons. The number of thiol groups is 1. The van der Waals surface area contributed by atoms with E-state index in [1.54, 1.807) is 24.3 Å². The molecule has 0 aliphatic carbocycles. The summed E-state index contributed by atoms with van der Waals surface area (Å²) in [7, 11) is 0. The van der Waals surface area contributed by atoms with Crippen LogP contribution >= 0.6 is 12.6 Å². The molecule has 2 atom stereocenters. The molecule has 0 saturated heterocycles. The molecule has 0 aliphatic rings. The summed E-state index contributed by atoms with van der Waals surface area (Å²) < 4.78 is 38.0. The third-order valence-electron chi connectivity index (χ3n) is 3.00. The lowest BCUT2D eigenvalue weighted by Gasteiger charge is -2.20. The van der Waals surface area contributed by atoms with Crippen LogP contribution in [0.25, 0.3) is 0 Å². The van der Waals surface area contributed by atoms with Gasteiger partial charge < -0.3 is 5.11 Å². The Bertz CT molecular complexity index is 569. The van der Waals surface area contributed by atoms with E-state index < -0.39 is 23.1 Å². The fourth-order valence-corrected chi connectivity index (χ4v) is 2.26. The number of alkyl halides is 3. The molecule has 0 aromatic heterocycles. The van der Waals surface area contributed by atoms with Gasteiger partial charge in [0, 0.05) is 0 Å². The first kappa shape index (κ1) is 14.9. The van der Waals surface area contributed by atoms with Gasteiger partial charge in [0.05, 0.1) is 16.9 Å². The number of halogens is 3. The molecule has 0 spiro atoms. The maximum absolute atomic E-state index is 12.7. The van der Waals surface area contributed by atoms with Crippen LogP contribution in [0.4, 0.5) is 13.2 Å². The summed E-state index contributed by atoms with van der Waals surface area (Å²) in [4.78, 5) is 0. The second kappa shape index (κ2) is 5.89. The molecule has 2 aromatic rings. The Hall–Kier alpha value is -1.46. The van der Waals surface area contributed by atoms with Gasteiger partial charge in [-0.05, 0) is 23.3 Å². The molecule has 2 unspecified atom stereocenters. The van der Waals surface area contributed by atoms with Gasteiger partial charge in [0.25, 0.3) is 0 Å². The molecule has 2 rings (SSSR count).